The van der Waals surface area contributed by atoms with Gasteiger partial charge in [-0.3, -0.25) is 9.48 Å². The minimum Gasteiger partial charge on any atom is -0.324 e. The lowest BCUT2D eigenvalue weighted by Crippen LogP contribution is -2.57. The van der Waals surface area contributed by atoms with Gasteiger partial charge >= 0.3 is 6.18 Å². The van der Waals surface area contributed by atoms with Crippen LogP contribution in [0.4, 0.5) is 27.6 Å². The van der Waals surface area contributed by atoms with Gasteiger partial charge in [0.1, 0.15) is 17.3 Å². The second kappa shape index (κ2) is 12.9. The highest BCUT2D eigenvalue weighted by Gasteiger charge is 2.39. The Balaban J connectivity index is 1.40. The van der Waals surface area contributed by atoms with E-state index in [2.05, 4.69) is 15.7 Å². The molecule has 3 heterocycles. The van der Waals surface area contributed by atoms with Crippen LogP contribution in [0.15, 0.2) is 42.5 Å². The molecule has 2 fully saturated rings. The number of nitrogens with zero attached hydrogens (tertiary/aromatic N) is 3. The fraction of sp³-hybridized carbons (Fsp3) is 0.448. The Bertz CT molecular complexity index is 1680. The number of sulfonamides is 1. The Morgan fingerprint density at radius 1 is 1.20 bits per heavy atom. The van der Waals surface area contributed by atoms with Crippen molar-refractivity contribution >= 4 is 33.2 Å². The maximum Gasteiger partial charge on any atom is 0.433 e. The zero-order valence-electron chi connectivity index (χ0n) is 24.1. The van der Waals surface area contributed by atoms with Crippen molar-refractivity contribution < 1.29 is 35.2 Å². The normalized spacial score (nSPS) is 22.8. The summed E-state index contributed by atoms with van der Waals surface area (Å²) in [5.74, 6) is -3.71. The topological polar surface area (TPSA) is 122 Å². The molecule has 5 rings (SSSR count). The number of amides is 1. The quantitative estimate of drug-likeness (QED) is 0.309. The summed E-state index contributed by atoms with van der Waals surface area (Å²) >= 11 is 5.81. The predicted octanol–water partition coefficient (Wildman–Crippen LogP) is 4.17. The van der Waals surface area contributed by atoms with Gasteiger partial charge in [0.25, 0.3) is 0 Å². The molecule has 0 radical (unpaired) electrons. The van der Waals surface area contributed by atoms with E-state index in [-0.39, 0.29) is 52.2 Å². The molecule has 0 aliphatic carbocycles. The molecule has 2 aliphatic heterocycles. The van der Waals surface area contributed by atoms with Crippen LogP contribution in [0.3, 0.4) is 0 Å². The Morgan fingerprint density at radius 2 is 1.96 bits per heavy atom. The molecule has 1 amide bonds. The maximum absolute atomic E-state index is 15.2. The lowest BCUT2D eigenvalue weighted by Gasteiger charge is -2.37. The van der Waals surface area contributed by atoms with Crippen molar-refractivity contribution in [1.29, 1.82) is 0 Å². The molecular formula is C29H32ClF5N6O3S. The molecule has 2 aliphatic rings. The van der Waals surface area contributed by atoms with E-state index in [1.165, 1.54) is 34.6 Å². The number of fused-ring (bicyclic) bond motifs is 2. The number of carbonyl (C=O) groups excluding carboxylic acids is 1. The number of nitrogens with one attached hydrogen (secondary N) is 2. The zero-order valence-corrected chi connectivity index (χ0v) is 25.7. The Hall–Kier alpha value is -3.11. The summed E-state index contributed by atoms with van der Waals surface area (Å²) in [6, 6.07) is 6.27. The summed E-state index contributed by atoms with van der Waals surface area (Å²) in [7, 11) is -2.40. The number of hydrogen-bond donors (Lipinski definition) is 3. The van der Waals surface area contributed by atoms with Crippen LogP contribution in [0, 0.1) is 11.6 Å². The molecule has 2 saturated heterocycles. The summed E-state index contributed by atoms with van der Waals surface area (Å²) in [5, 5.41) is 9.63. The van der Waals surface area contributed by atoms with E-state index in [4.69, 9.17) is 17.3 Å². The number of aryl methyl sites for hydroxylation is 1. The van der Waals surface area contributed by atoms with Crippen molar-refractivity contribution in [2.45, 2.75) is 55.9 Å². The Labute approximate surface area is 262 Å². The molecule has 1 aromatic heterocycles. The predicted molar refractivity (Wildman–Crippen MR) is 158 cm³/mol. The van der Waals surface area contributed by atoms with E-state index in [0.717, 1.165) is 25.6 Å². The van der Waals surface area contributed by atoms with Gasteiger partial charge in [-0.2, -0.15) is 22.6 Å². The molecule has 16 heteroatoms. The fourth-order valence-electron chi connectivity index (χ4n) is 6.03. The first-order chi connectivity index (χ1) is 21.2. The highest BCUT2D eigenvalue weighted by atomic mass is 35.5. The smallest absolute Gasteiger partial charge is 0.324 e. The molecule has 2 unspecified atom stereocenters. The number of anilines is 1. The lowest BCUT2D eigenvalue weighted by atomic mass is 9.88. The highest BCUT2D eigenvalue weighted by molar-refractivity contribution is 7.89. The standard InChI is InChI=1S/C29H32ClF5N6O3S/c1-40-25(29(33,34)35)13-24(39-40)26(16-7-10-20(30)22(32)12-16)27(36)28(42)38-23-6-2-5-21(31)19(23)9-8-18-14-37-17-4-3-11-45(43,44)41(18)15-17/h2,5-7,10,12-13,17-18,26-27,37H,3-4,8-9,11,14-15,36H2,1H3,(H,38,42)/t17-,18?,26+,27+/m1/s1. The third kappa shape index (κ3) is 7.17. The first-order valence-corrected chi connectivity index (χ1v) is 16.3. The number of aromatic nitrogens is 2. The van der Waals surface area contributed by atoms with Gasteiger partial charge in [0, 0.05) is 43.5 Å². The largest absolute Gasteiger partial charge is 0.433 e. The van der Waals surface area contributed by atoms with Crippen molar-refractivity contribution in [2.24, 2.45) is 12.8 Å². The third-order valence-corrected chi connectivity index (χ3v) is 10.6. The van der Waals surface area contributed by atoms with Crippen molar-refractivity contribution in [1.82, 2.24) is 19.4 Å². The van der Waals surface area contributed by atoms with Gasteiger partial charge < -0.3 is 16.4 Å². The first-order valence-electron chi connectivity index (χ1n) is 14.3. The van der Waals surface area contributed by atoms with E-state index in [1.54, 1.807) is 0 Å². The molecule has 244 valence electrons. The average Bonchev–Trinajstić information content (AvgIpc) is 3.31. The third-order valence-electron chi connectivity index (χ3n) is 8.34. The molecule has 2 bridgehead atoms. The van der Waals surface area contributed by atoms with E-state index in [0.29, 0.717) is 24.2 Å². The van der Waals surface area contributed by atoms with Crippen LogP contribution >= 0.6 is 11.6 Å². The fourth-order valence-corrected chi connectivity index (χ4v) is 7.95. The van der Waals surface area contributed by atoms with Gasteiger partial charge in [-0.15, -0.1) is 0 Å². The van der Waals surface area contributed by atoms with Crippen LogP contribution in [0.2, 0.25) is 5.02 Å². The number of carbonyl (C=O) groups is 1. The van der Waals surface area contributed by atoms with Crippen LogP contribution in [-0.4, -0.2) is 65.4 Å². The molecule has 2 aromatic carbocycles. The number of alkyl halides is 3. The van der Waals surface area contributed by atoms with Gasteiger partial charge in [0.05, 0.1) is 28.4 Å². The maximum atomic E-state index is 15.2. The second-order valence-electron chi connectivity index (χ2n) is 11.3. The van der Waals surface area contributed by atoms with Crippen molar-refractivity contribution in [3.05, 3.63) is 81.6 Å². The lowest BCUT2D eigenvalue weighted by molar-refractivity contribution is -0.143. The van der Waals surface area contributed by atoms with Crippen LogP contribution < -0.4 is 16.4 Å². The minimum atomic E-state index is -4.76. The van der Waals surface area contributed by atoms with Crippen molar-refractivity contribution in [3.8, 4) is 0 Å². The monoisotopic (exact) mass is 674 g/mol. The Morgan fingerprint density at radius 3 is 2.64 bits per heavy atom. The molecule has 4 N–H and O–H groups in total. The van der Waals surface area contributed by atoms with E-state index >= 15 is 4.39 Å². The molecule has 3 aromatic rings. The Kier molecular flexibility index (Phi) is 9.57. The average molecular weight is 675 g/mol. The first kappa shape index (κ1) is 33.3. The number of halogens is 6. The highest BCUT2D eigenvalue weighted by Crippen LogP contribution is 2.35. The molecule has 45 heavy (non-hydrogen) atoms. The van der Waals surface area contributed by atoms with Crippen LogP contribution in [0.5, 0.6) is 0 Å². The number of nitrogens with two attached hydrogens (primary N) is 1. The second-order valence-corrected chi connectivity index (χ2v) is 13.8. The van der Waals surface area contributed by atoms with Gasteiger partial charge in [-0.1, -0.05) is 23.7 Å². The van der Waals surface area contributed by atoms with Gasteiger partial charge in [0.15, 0.2) is 0 Å². The summed E-state index contributed by atoms with van der Waals surface area (Å²) in [5.41, 5.74) is 5.21. The minimum absolute atomic E-state index is 0.0417. The van der Waals surface area contributed by atoms with E-state index in [1.807, 2.05) is 0 Å². The van der Waals surface area contributed by atoms with Crippen LogP contribution in [0.1, 0.15) is 47.7 Å². The van der Waals surface area contributed by atoms with Gasteiger partial charge in [-0.25, -0.2) is 17.2 Å². The number of rotatable bonds is 8. The summed E-state index contributed by atoms with van der Waals surface area (Å²) in [6.07, 6.45) is -3.14. The summed E-state index contributed by atoms with van der Waals surface area (Å²) in [6.45, 7) is 0.729. The molecular weight excluding hydrogens is 643 g/mol. The van der Waals surface area contributed by atoms with Gasteiger partial charge in [-0.05, 0) is 61.6 Å². The van der Waals surface area contributed by atoms with Crippen LogP contribution in [-0.2, 0) is 34.5 Å². The zero-order chi connectivity index (χ0) is 32.7. The number of hydrogen-bond acceptors (Lipinski definition) is 6. The SMILES string of the molecule is Cn1nc([C@H](c2ccc(Cl)c(F)c2)[C@H](N)C(=O)Nc2cccc(F)c2CCC2CN[C@@H]3CCCS(=O)(=O)N2C3)cc1C(F)(F)F. The van der Waals surface area contributed by atoms with Crippen LogP contribution in [0.25, 0.3) is 0 Å². The number of benzene rings is 2. The van der Waals surface area contributed by atoms with E-state index in [9.17, 15) is 30.8 Å². The van der Waals surface area contributed by atoms with Crippen molar-refractivity contribution in [2.75, 3.05) is 24.2 Å². The van der Waals surface area contributed by atoms with Gasteiger partial charge in [0.2, 0.25) is 15.9 Å². The summed E-state index contributed by atoms with van der Waals surface area (Å²) in [4.78, 5) is 13.5. The number of piperazine rings is 1. The molecule has 5 atom stereocenters. The van der Waals surface area contributed by atoms with Crippen molar-refractivity contribution in [3.63, 3.8) is 0 Å². The van der Waals surface area contributed by atoms with E-state index < -0.39 is 57.4 Å². The molecule has 0 spiro atoms. The summed E-state index contributed by atoms with van der Waals surface area (Å²) < 4.78 is 98.2. The molecule has 0 saturated carbocycles. The molecule has 9 nitrogen and oxygen atoms in total.